The van der Waals surface area contributed by atoms with Crippen LogP contribution in [0.4, 0.5) is 0 Å². The third-order valence-corrected chi connectivity index (χ3v) is 9.19. The van der Waals surface area contributed by atoms with Crippen molar-refractivity contribution in [3.05, 3.63) is 71.8 Å². The lowest BCUT2D eigenvalue weighted by Crippen LogP contribution is -1.98. The van der Waals surface area contributed by atoms with E-state index in [0.717, 1.165) is 23.0 Å². The fourth-order valence-electron chi connectivity index (χ4n) is 2.28. The molecule has 0 radical (unpaired) electrons. The molecule has 10 heteroatoms. The lowest BCUT2D eigenvalue weighted by molar-refractivity contribution is 0.136. The molecule has 0 amide bonds. The maximum atomic E-state index is 11.7. The normalized spacial score (nSPS) is 11.0. The predicted octanol–water partition coefficient (Wildman–Crippen LogP) is 6.87. The van der Waals surface area contributed by atoms with Gasteiger partial charge in [0.2, 0.25) is 0 Å². The van der Waals surface area contributed by atoms with Gasteiger partial charge < -0.3 is 9.47 Å². The van der Waals surface area contributed by atoms with Gasteiger partial charge in [-0.25, -0.2) is 0 Å². The Morgan fingerprint density at radius 1 is 0.562 bits per heavy atom. The van der Waals surface area contributed by atoms with E-state index in [0.29, 0.717) is 39.6 Å². The average molecular weight is 534 g/mol. The highest BCUT2D eigenvalue weighted by Gasteiger charge is 2.19. The lowest BCUT2D eigenvalue weighted by atomic mass is 10.2. The smallest absolute Gasteiger partial charge is 0.376 e. The van der Waals surface area contributed by atoms with E-state index in [4.69, 9.17) is 18.5 Å². The van der Waals surface area contributed by atoms with Gasteiger partial charge in [0.05, 0.1) is 26.4 Å². The van der Waals surface area contributed by atoms with Gasteiger partial charge in [-0.15, -0.1) is 9.05 Å². The Labute approximate surface area is 208 Å². The second kappa shape index (κ2) is 20.2. The minimum absolute atomic E-state index is 0.415. The Bertz CT molecular complexity index is 652. The Morgan fingerprint density at radius 2 is 0.938 bits per heavy atom. The summed E-state index contributed by atoms with van der Waals surface area (Å²) in [6, 6.07) is 20.3. The molecule has 0 aliphatic carbocycles. The van der Waals surface area contributed by atoms with Gasteiger partial charge in [-0.3, -0.25) is 0 Å². The van der Waals surface area contributed by atoms with Gasteiger partial charge in [-0.05, 0) is 11.1 Å². The minimum Gasteiger partial charge on any atom is -0.376 e. The number of ether oxygens (including phenoxy) is 2. The molecule has 32 heavy (non-hydrogen) atoms. The maximum absolute atomic E-state index is 11.7. The van der Waals surface area contributed by atoms with Crippen molar-refractivity contribution in [3.63, 3.8) is 0 Å². The van der Waals surface area contributed by atoms with Gasteiger partial charge in [0, 0.05) is 27.6 Å². The molecule has 0 N–H and O–H groups in total. The molecule has 2 aromatic rings. The van der Waals surface area contributed by atoms with E-state index in [9.17, 15) is 4.57 Å². The van der Waals surface area contributed by atoms with Crippen LogP contribution in [0.5, 0.6) is 0 Å². The van der Waals surface area contributed by atoms with Crippen LogP contribution in [-0.4, -0.2) is 49.4 Å². The number of rotatable bonds is 20. The first kappa shape index (κ1) is 28.0. The highest BCUT2D eigenvalue weighted by Crippen LogP contribution is 2.28. The molecule has 2 aromatic carbocycles. The molecular formula is C22H30O5PS4+. The van der Waals surface area contributed by atoms with Crippen LogP contribution in [0, 0.1) is 0 Å². The number of hydrogen-bond donors (Lipinski definition) is 0. The topological polar surface area (TPSA) is 54.0 Å². The van der Waals surface area contributed by atoms with E-state index in [1.54, 1.807) is 43.2 Å². The first-order valence-corrected chi connectivity index (χ1v) is 16.4. The van der Waals surface area contributed by atoms with Crippen molar-refractivity contribution in [2.75, 3.05) is 49.4 Å². The van der Waals surface area contributed by atoms with Crippen LogP contribution >= 0.6 is 51.4 Å². The van der Waals surface area contributed by atoms with Crippen molar-refractivity contribution >= 4 is 51.4 Å². The molecule has 0 atom stereocenters. The summed E-state index contributed by atoms with van der Waals surface area (Å²) in [5.74, 6) is 3.35. The average Bonchev–Trinajstić information content (AvgIpc) is 2.83. The number of benzene rings is 2. The monoisotopic (exact) mass is 533 g/mol. The second-order valence-corrected chi connectivity index (χ2v) is 12.6. The van der Waals surface area contributed by atoms with Crippen LogP contribution in [0.15, 0.2) is 60.7 Å². The summed E-state index contributed by atoms with van der Waals surface area (Å²) in [7, 11) is 4.80. The number of hydrogen-bond acceptors (Lipinski definition) is 9. The van der Waals surface area contributed by atoms with Crippen molar-refractivity contribution in [1.82, 2.24) is 0 Å². The van der Waals surface area contributed by atoms with Gasteiger partial charge in [-0.2, -0.15) is 0 Å². The quantitative estimate of drug-likeness (QED) is 0.103. The highest BCUT2D eigenvalue weighted by atomic mass is 33.1. The van der Waals surface area contributed by atoms with Gasteiger partial charge in [-0.1, -0.05) is 104 Å². The van der Waals surface area contributed by atoms with E-state index in [2.05, 4.69) is 24.3 Å². The zero-order valence-electron chi connectivity index (χ0n) is 18.0. The molecule has 0 bridgehead atoms. The summed E-state index contributed by atoms with van der Waals surface area (Å²) in [6.45, 7) is 3.54. The van der Waals surface area contributed by atoms with Crippen LogP contribution in [0.3, 0.4) is 0 Å². The molecule has 0 aliphatic rings. The van der Waals surface area contributed by atoms with Crippen molar-refractivity contribution in [2.45, 2.75) is 13.2 Å². The van der Waals surface area contributed by atoms with E-state index in [1.165, 1.54) is 11.1 Å². The van der Waals surface area contributed by atoms with E-state index in [1.807, 2.05) is 36.4 Å². The Hall–Kier alpha value is -0.220. The van der Waals surface area contributed by atoms with Crippen molar-refractivity contribution < 1.29 is 23.1 Å². The van der Waals surface area contributed by atoms with Gasteiger partial charge in [0.1, 0.15) is 13.2 Å². The molecule has 176 valence electrons. The summed E-state index contributed by atoms with van der Waals surface area (Å²) in [5, 5.41) is 0. The molecule has 5 nitrogen and oxygen atoms in total. The van der Waals surface area contributed by atoms with E-state index >= 15 is 0 Å². The molecule has 0 fully saturated rings. The van der Waals surface area contributed by atoms with Gasteiger partial charge in [0.15, 0.2) is 0 Å². The van der Waals surface area contributed by atoms with E-state index < -0.39 is 8.25 Å². The SMILES string of the molecule is O=[P+](OCCSSCCOCc1ccccc1)OCCSSCCOCc1ccccc1. The summed E-state index contributed by atoms with van der Waals surface area (Å²) < 4.78 is 33.4. The molecule has 0 spiro atoms. The summed E-state index contributed by atoms with van der Waals surface area (Å²) in [6.07, 6.45) is 0. The first-order chi connectivity index (χ1) is 15.8. The van der Waals surface area contributed by atoms with Crippen molar-refractivity contribution in [2.24, 2.45) is 0 Å². The zero-order chi connectivity index (χ0) is 22.5. The van der Waals surface area contributed by atoms with Crippen molar-refractivity contribution in [1.29, 1.82) is 0 Å². The van der Waals surface area contributed by atoms with Crippen LogP contribution in [0.1, 0.15) is 11.1 Å². The Kier molecular flexibility index (Phi) is 17.7. The fourth-order valence-corrected chi connectivity index (χ4v) is 6.46. The molecule has 0 aliphatic heterocycles. The van der Waals surface area contributed by atoms with Gasteiger partial charge >= 0.3 is 8.25 Å². The van der Waals surface area contributed by atoms with E-state index in [-0.39, 0.29) is 0 Å². The maximum Gasteiger partial charge on any atom is 0.697 e. The molecule has 2 rings (SSSR count). The Balaban J connectivity index is 1.27. The van der Waals surface area contributed by atoms with Gasteiger partial charge in [0.25, 0.3) is 0 Å². The van der Waals surface area contributed by atoms with Crippen LogP contribution in [0.2, 0.25) is 0 Å². The Morgan fingerprint density at radius 3 is 1.34 bits per heavy atom. The molecule has 0 unspecified atom stereocenters. The van der Waals surface area contributed by atoms with Crippen LogP contribution in [-0.2, 0) is 36.3 Å². The second-order valence-electron chi connectivity index (χ2n) is 6.25. The first-order valence-electron chi connectivity index (χ1n) is 10.3. The largest absolute Gasteiger partial charge is 0.697 e. The zero-order valence-corrected chi connectivity index (χ0v) is 22.1. The molecular weight excluding hydrogens is 503 g/mol. The molecule has 0 saturated heterocycles. The molecule has 0 aromatic heterocycles. The van der Waals surface area contributed by atoms with Crippen LogP contribution in [0.25, 0.3) is 0 Å². The molecule has 0 heterocycles. The minimum atomic E-state index is -2.04. The summed E-state index contributed by atoms with van der Waals surface area (Å²) >= 11 is 0. The van der Waals surface area contributed by atoms with Crippen LogP contribution < -0.4 is 0 Å². The third kappa shape index (κ3) is 15.6. The highest BCUT2D eigenvalue weighted by molar-refractivity contribution is 8.77. The molecule has 0 saturated carbocycles. The summed E-state index contributed by atoms with van der Waals surface area (Å²) in [5.41, 5.74) is 2.37. The fraction of sp³-hybridized carbons (Fsp3) is 0.455. The summed E-state index contributed by atoms with van der Waals surface area (Å²) in [4.78, 5) is 0. The third-order valence-electron chi connectivity index (χ3n) is 3.74. The standard InChI is InChI=1S/C22H30O5PS4/c23-28(26-13-17-31-29-15-11-24-19-21-7-3-1-4-8-21)27-14-18-32-30-16-12-25-20-22-9-5-2-6-10-22/h1-10H,11-20H2/q+1. The van der Waals surface area contributed by atoms with Crippen molar-refractivity contribution in [3.8, 4) is 0 Å². The lowest BCUT2D eigenvalue weighted by Gasteiger charge is -2.03. The predicted molar refractivity (Wildman–Crippen MR) is 142 cm³/mol.